The molecule has 0 amide bonds. The van der Waals surface area contributed by atoms with Gasteiger partial charge in [-0.25, -0.2) is 4.98 Å². The third-order valence-electron chi connectivity index (χ3n) is 1.77. The van der Waals surface area contributed by atoms with Gasteiger partial charge in [-0.3, -0.25) is 0 Å². The number of thiazole rings is 1. The van der Waals surface area contributed by atoms with Gasteiger partial charge in [0.2, 0.25) is 0 Å². The summed E-state index contributed by atoms with van der Waals surface area (Å²) >= 11 is 1.57. The van der Waals surface area contributed by atoms with Gasteiger partial charge in [0.25, 0.3) is 0 Å². The Morgan fingerprint density at radius 3 is 2.38 bits per heavy atom. The SMILES string of the molecule is CCCN(CCC)c1ncc(N)s1. The predicted octanol–water partition coefficient (Wildman–Crippen LogP) is 2.35. The van der Waals surface area contributed by atoms with Gasteiger partial charge in [0.05, 0.1) is 6.20 Å². The lowest BCUT2D eigenvalue weighted by Crippen LogP contribution is -2.24. The van der Waals surface area contributed by atoms with Crippen LogP contribution in [0.2, 0.25) is 0 Å². The van der Waals surface area contributed by atoms with Gasteiger partial charge in [-0.2, -0.15) is 0 Å². The minimum atomic E-state index is 0.798. The van der Waals surface area contributed by atoms with E-state index >= 15 is 0 Å². The van der Waals surface area contributed by atoms with Gasteiger partial charge in [0.1, 0.15) is 5.00 Å². The van der Waals surface area contributed by atoms with E-state index in [0.29, 0.717) is 0 Å². The molecule has 2 N–H and O–H groups in total. The molecule has 0 atom stereocenters. The van der Waals surface area contributed by atoms with Crippen molar-refractivity contribution in [1.29, 1.82) is 0 Å². The molecule has 0 spiro atoms. The summed E-state index contributed by atoms with van der Waals surface area (Å²) in [6.07, 6.45) is 4.04. The molecule has 0 aliphatic heterocycles. The van der Waals surface area contributed by atoms with Crippen LogP contribution in [0.4, 0.5) is 10.1 Å². The molecule has 1 aromatic heterocycles. The van der Waals surface area contributed by atoms with Crippen LogP contribution in [0, 0.1) is 0 Å². The number of aromatic nitrogens is 1. The Morgan fingerprint density at radius 1 is 1.38 bits per heavy atom. The fourth-order valence-corrected chi connectivity index (χ4v) is 2.00. The minimum Gasteiger partial charge on any atom is -0.389 e. The molecule has 1 heterocycles. The van der Waals surface area contributed by atoms with Crippen LogP contribution in [0.25, 0.3) is 0 Å². The Hall–Kier alpha value is -0.770. The Balaban J connectivity index is 2.63. The van der Waals surface area contributed by atoms with Crippen LogP contribution in [0.1, 0.15) is 26.7 Å². The minimum absolute atomic E-state index is 0.798. The molecule has 0 bridgehead atoms. The summed E-state index contributed by atoms with van der Waals surface area (Å²) in [4.78, 5) is 6.57. The molecule has 0 aromatic carbocycles. The quantitative estimate of drug-likeness (QED) is 0.791. The molecule has 0 saturated heterocycles. The van der Waals surface area contributed by atoms with Crippen molar-refractivity contribution in [3.05, 3.63) is 6.20 Å². The second-order valence-corrected chi connectivity index (χ2v) is 4.07. The predicted molar refractivity (Wildman–Crippen MR) is 59.3 cm³/mol. The van der Waals surface area contributed by atoms with E-state index in [0.717, 1.165) is 36.1 Å². The molecule has 0 radical (unpaired) electrons. The zero-order chi connectivity index (χ0) is 9.68. The lowest BCUT2D eigenvalue weighted by Gasteiger charge is -2.19. The van der Waals surface area contributed by atoms with E-state index in [2.05, 4.69) is 23.7 Å². The van der Waals surface area contributed by atoms with Crippen molar-refractivity contribution in [3.63, 3.8) is 0 Å². The van der Waals surface area contributed by atoms with Gasteiger partial charge in [0, 0.05) is 13.1 Å². The molecular weight excluding hydrogens is 182 g/mol. The number of nitrogen functional groups attached to an aromatic ring is 1. The summed E-state index contributed by atoms with van der Waals surface area (Å²) in [6.45, 7) is 6.50. The number of rotatable bonds is 5. The monoisotopic (exact) mass is 199 g/mol. The lowest BCUT2D eigenvalue weighted by molar-refractivity contribution is 0.742. The third kappa shape index (κ3) is 2.88. The first kappa shape index (κ1) is 10.3. The van der Waals surface area contributed by atoms with Crippen LogP contribution >= 0.6 is 11.3 Å². The summed E-state index contributed by atoms with van der Waals surface area (Å²) in [7, 11) is 0. The second-order valence-electron chi connectivity index (χ2n) is 3.03. The first-order valence-corrected chi connectivity index (χ1v) is 5.55. The van der Waals surface area contributed by atoms with Crippen LogP contribution in [0.3, 0.4) is 0 Å². The highest BCUT2D eigenvalue weighted by Crippen LogP contribution is 2.24. The molecule has 0 fully saturated rings. The van der Waals surface area contributed by atoms with E-state index in [9.17, 15) is 0 Å². The Kier molecular flexibility index (Phi) is 4.02. The van der Waals surface area contributed by atoms with Crippen LogP contribution in [0.5, 0.6) is 0 Å². The summed E-state index contributed by atoms with van der Waals surface area (Å²) in [6, 6.07) is 0. The van der Waals surface area contributed by atoms with E-state index in [1.165, 1.54) is 0 Å². The lowest BCUT2D eigenvalue weighted by atomic mass is 10.4. The van der Waals surface area contributed by atoms with Gasteiger partial charge in [-0.15, -0.1) is 0 Å². The maximum absolute atomic E-state index is 5.64. The zero-order valence-corrected chi connectivity index (χ0v) is 9.10. The smallest absolute Gasteiger partial charge is 0.187 e. The molecule has 0 aliphatic carbocycles. The van der Waals surface area contributed by atoms with Crippen molar-refractivity contribution >= 4 is 21.5 Å². The molecule has 0 unspecified atom stereocenters. The summed E-state index contributed by atoms with van der Waals surface area (Å²) in [5, 5.41) is 1.86. The molecular formula is C9H17N3S. The summed E-state index contributed by atoms with van der Waals surface area (Å²) < 4.78 is 0. The molecule has 13 heavy (non-hydrogen) atoms. The van der Waals surface area contributed by atoms with Crippen molar-refractivity contribution in [2.24, 2.45) is 0 Å². The Bertz CT molecular complexity index is 241. The van der Waals surface area contributed by atoms with Crippen LogP contribution in [0.15, 0.2) is 6.20 Å². The van der Waals surface area contributed by atoms with Crippen LogP contribution < -0.4 is 10.6 Å². The van der Waals surface area contributed by atoms with Crippen LogP contribution in [-0.4, -0.2) is 18.1 Å². The van der Waals surface area contributed by atoms with Gasteiger partial charge >= 0.3 is 0 Å². The number of nitrogens with two attached hydrogens (primary N) is 1. The van der Waals surface area contributed by atoms with Crippen molar-refractivity contribution < 1.29 is 0 Å². The Labute approximate surface area is 83.6 Å². The normalized spacial score (nSPS) is 10.3. The first-order chi connectivity index (χ1) is 6.27. The van der Waals surface area contributed by atoms with Crippen molar-refractivity contribution in [2.45, 2.75) is 26.7 Å². The molecule has 1 aromatic rings. The average Bonchev–Trinajstić information content (AvgIpc) is 2.51. The molecule has 0 saturated carbocycles. The number of hydrogen-bond acceptors (Lipinski definition) is 4. The first-order valence-electron chi connectivity index (χ1n) is 4.74. The molecule has 4 heteroatoms. The van der Waals surface area contributed by atoms with E-state index in [-0.39, 0.29) is 0 Å². The van der Waals surface area contributed by atoms with Crippen molar-refractivity contribution in [3.8, 4) is 0 Å². The highest BCUT2D eigenvalue weighted by molar-refractivity contribution is 7.19. The largest absolute Gasteiger partial charge is 0.389 e. The number of hydrogen-bond donors (Lipinski definition) is 1. The third-order valence-corrected chi connectivity index (χ3v) is 2.66. The maximum Gasteiger partial charge on any atom is 0.187 e. The molecule has 1 rings (SSSR count). The van der Waals surface area contributed by atoms with E-state index in [4.69, 9.17) is 5.73 Å². The molecule has 3 nitrogen and oxygen atoms in total. The fraction of sp³-hybridized carbons (Fsp3) is 0.667. The van der Waals surface area contributed by atoms with Crippen LogP contribution in [-0.2, 0) is 0 Å². The Morgan fingerprint density at radius 2 is 2.00 bits per heavy atom. The highest BCUT2D eigenvalue weighted by Gasteiger charge is 2.07. The maximum atomic E-state index is 5.64. The number of nitrogens with zero attached hydrogens (tertiary/aromatic N) is 2. The summed E-state index contributed by atoms with van der Waals surface area (Å²) in [5.74, 6) is 0. The van der Waals surface area contributed by atoms with Gasteiger partial charge in [-0.05, 0) is 12.8 Å². The van der Waals surface area contributed by atoms with E-state index in [1.54, 1.807) is 17.5 Å². The van der Waals surface area contributed by atoms with Crippen molar-refractivity contribution in [2.75, 3.05) is 23.7 Å². The highest BCUT2D eigenvalue weighted by atomic mass is 32.1. The standard InChI is InChI=1S/C9H17N3S/c1-3-5-12(6-4-2)9-11-7-8(10)13-9/h7H,3-6,10H2,1-2H3. The van der Waals surface area contributed by atoms with Gasteiger partial charge in [0.15, 0.2) is 5.13 Å². The summed E-state index contributed by atoms with van der Waals surface area (Å²) in [5.41, 5.74) is 5.64. The second kappa shape index (κ2) is 5.07. The zero-order valence-electron chi connectivity index (χ0n) is 8.29. The van der Waals surface area contributed by atoms with Gasteiger partial charge in [-0.1, -0.05) is 25.2 Å². The van der Waals surface area contributed by atoms with Crippen molar-refractivity contribution in [1.82, 2.24) is 4.98 Å². The topological polar surface area (TPSA) is 42.2 Å². The molecule has 74 valence electrons. The molecule has 0 aliphatic rings. The number of anilines is 2. The van der Waals surface area contributed by atoms with E-state index in [1.807, 2.05) is 0 Å². The van der Waals surface area contributed by atoms with Gasteiger partial charge < -0.3 is 10.6 Å². The fourth-order valence-electron chi connectivity index (χ4n) is 1.27. The van der Waals surface area contributed by atoms with E-state index < -0.39 is 0 Å². The average molecular weight is 199 g/mol.